The summed E-state index contributed by atoms with van der Waals surface area (Å²) in [5.41, 5.74) is 2.26. The lowest BCUT2D eigenvalue weighted by Crippen LogP contribution is -2.31. The van der Waals surface area contributed by atoms with Crippen molar-refractivity contribution in [3.63, 3.8) is 0 Å². The molecule has 0 amide bonds. The molecule has 0 aromatic carbocycles. The van der Waals surface area contributed by atoms with E-state index in [4.69, 9.17) is 0 Å². The zero-order valence-electron chi connectivity index (χ0n) is 8.82. The molecule has 1 aliphatic heterocycles. The predicted octanol–water partition coefficient (Wildman–Crippen LogP) is 1.91. The SMILES string of the molecule is CC(=O)C1=CN(C)C2C(C)=CC=CC12. The first kappa shape index (κ1) is 9.25. The summed E-state index contributed by atoms with van der Waals surface area (Å²) >= 11 is 0. The number of nitrogens with zero attached hydrogens (tertiary/aromatic N) is 1. The normalized spacial score (nSPS) is 29.8. The molecular formula is C12H15NO. The fourth-order valence-corrected chi connectivity index (χ4v) is 2.37. The summed E-state index contributed by atoms with van der Waals surface area (Å²) in [5, 5.41) is 0. The number of fused-ring (bicyclic) bond motifs is 1. The average Bonchev–Trinajstić information content (AvgIpc) is 2.45. The second-order valence-electron chi connectivity index (χ2n) is 4.07. The van der Waals surface area contributed by atoms with Crippen molar-refractivity contribution in [3.8, 4) is 0 Å². The van der Waals surface area contributed by atoms with Gasteiger partial charge in [0.05, 0.1) is 6.04 Å². The van der Waals surface area contributed by atoms with Gasteiger partial charge in [0.25, 0.3) is 0 Å². The molecule has 1 heterocycles. The molecule has 74 valence electrons. The van der Waals surface area contributed by atoms with E-state index in [9.17, 15) is 4.79 Å². The van der Waals surface area contributed by atoms with Crippen LogP contribution in [-0.4, -0.2) is 23.8 Å². The molecule has 0 fully saturated rings. The van der Waals surface area contributed by atoms with Gasteiger partial charge in [0.15, 0.2) is 5.78 Å². The highest BCUT2D eigenvalue weighted by molar-refractivity contribution is 5.95. The highest BCUT2D eigenvalue weighted by atomic mass is 16.1. The first-order chi connectivity index (χ1) is 6.61. The quantitative estimate of drug-likeness (QED) is 0.628. The molecule has 2 aliphatic rings. The Morgan fingerprint density at radius 2 is 2.21 bits per heavy atom. The van der Waals surface area contributed by atoms with Gasteiger partial charge in [0.2, 0.25) is 0 Å². The number of allylic oxidation sites excluding steroid dienone is 2. The van der Waals surface area contributed by atoms with Gasteiger partial charge < -0.3 is 4.90 Å². The van der Waals surface area contributed by atoms with Crippen molar-refractivity contribution >= 4 is 5.78 Å². The van der Waals surface area contributed by atoms with E-state index in [2.05, 4.69) is 24.0 Å². The first-order valence-electron chi connectivity index (χ1n) is 4.91. The first-order valence-corrected chi connectivity index (χ1v) is 4.91. The second-order valence-corrected chi connectivity index (χ2v) is 4.07. The van der Waals surface area contributed by atoms with Crippen molar-refractivity contribution in [2.75, 3.05) is 7.05 Å². The van der Waals surface area contributed by atoms with Crippen molar-refractivity contribution in [3.05, 3.63) is 35.6 Å². The van der Waals surface area contributed by atoms with Gasteiger partial charge in [0, 0.05) is 24.7 Å². The molecule has 0 saturated carbocycles. The predicted molar refractivity (Wildman–Crippen MR) is 56.7 cm³/mol. The lowest BCUT2D eigenvalue weighted by Gasteiger charge is -2.28. The molecule has 0 N–H and O–H groups in total. The number of carbonyl (C=O) groups is 1. The lowest BCUT2D eigenvalue weighted by molar-refractivity contribution is -0.113. The van der Waals surface area contributed by atoms with Crippen molar-refractivity contribution < 1.29 is 4.79 Å². The topological polar surface area (TPSA) is 20.3 Å². The Bertz CT molecular complexity index is 363. The largest absolute Gasteiger partial charge is 0.372 e. The number of hydrogen-bond donors (Lipinski definition) is 0. The summed E-state index contributed by atoms with van der Waals surface area (Å²) in [6.07, 6.45) is 8.26. The van der Waals surface area contributed by atoms with Crippen LogP contribution >= 0.6 is 0 Å². The van der Waals surface area contributed by atoms with Crippen molar-refractivity contribution in [1.82, 2.24) is 4.90 Å². The molecule has 2 heteroatoms. The fraction of sp³-hybridized carbons (Fsp3) is 0.417. The summed E-state index contributed by atoms with van der Waals surface area (Å²) < 4.78 is 0. The molecule has 0 aromatic heterocycles. The summed E-state index contributed by atoms with van der Waals surface area (Å²) in [7, 11) is 2.03. The Morgan fingerprint density at radius 3 is 2.86 bits per heavy atom. The maximum atomic E-state index is 11.4. The molecule has 14 heavy (non-hydrogen) atoms. The Balaban J connectivity index is 2.37. The number of Topliss-reactive ketones (excluding diaryl/α,β-unsaturated/α-hetero) is 1. The Labute approximate surface area is 84.6 Å². The highest BCUT2D eigenvalue weighted by Crippen LogP contribution is 2.35. The van der Waals surface area contributed by atoms with Crippen molar-refractivity contribution in [2.24, 2.45) is 5.92 Å². The highest BCUT2D eigenvalue weighted by Gasteiger charge is 2.35. The number of hydrogen-bond acceptors (Lipinski definition) is 2. The summed E-state index contributed by atoms with van der Waals surface area (Å²) in [6.45, 7) is 3.76. The van der Waals surface area contributed by atoms with Gasteiger partial charge in [-0.2, -0.15) is 0 Å². The van der Waals surface area contributed by atoms with Crippen molar-refractivity contribution in [2.45, 2.75) is 19.9 Å². The monoisotopic (exact) mass is 189 g/mol. The fourth-order valence-electron chi connectivity index (χ4n) is 2.37. The standard InChI is InChI=1S/C12H15NO/c1-8-5-4-6-10-11(9(2)14)7-13(3)12(8)10/h4-7,10,12H,1-3H3. The van der Waals surface area contributed by atoms with Crippen LogP contribution in [0.25, 0.3) is 0 Å². The van der Waals surface area contributed by atoms with Gasteiger partial charge in [-0.3, -0.25) is 4.79 Å². The van der Waals surface area contributed by atoms with Gasteiger partial charge >= 0.3 is 0 Å². The van der Waals surface area contributed by atoms with Crippen LogP contribution < -0.4 is 0 Å². The molecule has 2 nitrogen and oxygen atoms in total. The zero-order valence-corrected chi connectivity index (χ0v) is 8.82. The number of likely N-dealkylation sites (N-methyl/N-ethyl adjacent to an activating group) is 1. The van der Waals surface area contributed by atoms with Crippen LogP contribution in [0, 0.1) is 5.92 Å². The van der Waals surface area contributed by atoms with E-state index in [1.165, 1.54) is 5.57 Å². The van der Waals surface area contributed by atoms with E-state index in [0.29, 0.717) is 6.04 Å². The van der Waals surface area contributed by atoms with Gasteiger partial charge in [-0.25, -0.2) is 0 Å². The minimum Gasteiger partial charge on any atom is -0.372 e. The third-order valence-corrected chi connectivity index (χ3v) is 3.03. The van der Waals surface area contributed by atoms with Gasteiger partial charge in [-0.05, 0) is 13.8 Å². The van der Waals surface area contributed by atoms with E-state index < -0.39 is 0 Å². The molecule has 2 atom stereocenters. The Kier molecular flexibility index (Phi) is 2.06. The van der Waals surface area contributed by atoms with Crippen LogP contribution in [0.1, 0.15) is 13.8 Å². The molecular weight excluding hydrogens is 174 g/mol. The number of carbonyl (C=O) groups excluding carboxylic acids is 1. The molecule has 0 spiro atoms. The molecule has 0 bridgehead atoms. The van der Waals surface area contributed by atoms with Crippen LogP contribution in [0.5, 0.6) is 0 Å². The van der Waals surface area contributed by atoms with E-state index in [-0.39, 0.29) is 11.7 Å². The van der Waals surface area contributed by atoms with Crippen molar-refractivity contribution in [1.29, 1.82) is 0 Å². The molecule has 2 unspecified atom stereocenters. The Morgan fingerprint density at radius 1 is 1.50 bits per heavy atom. The second kappa shape index (κ2) is 3.12. The third kappa shape index (κ3) is 1.22. The van der Waals surface area contributed by atoms with Gasteiger partial charge in [0.1, 0.15) is 0 Å². The Hall–Kier alpha value is -1.31. The lowest BCUT2D eigenvalue weighted by atomic mass is 9.85. The maximum absolute atomic E-state index is 11.4. The minimum absolute atomic E-state index is 0.184. The van der Waals surface area contributed by atoms with E-state index in [1.807, 2.05) is 19.3 Å². The van der Waals surface area contributed by atoms with Crippen LogP contribution in [0.3, 0.4) is 0 Å². The van der Waals surface area contributed by atoms with Crippen LogP contribution in [0.2, 0.25) is 0 Å². The van der Waals surface area contributed by atoms with Crippen LogP contribution in [0.4, 0.5) is 0 Å². The van der Waals surface area contributed by atoms with Crippen LogP contribution in [-0.2, 0) is 4.79 Å². The molecule has 0 radical (unpaired) electrons. The minimum atomic E-state index is 0.184. The van der Waals surface area contributed by atoms with E-state index in [1.54, 1.807) is 6.92 Å². The summed E-state index contributed by atoms with van der Waals surface area (Å²) in [5.74, 6) is 0.450. The van der Waals surface area contributed by atoms with E-state index >= 15 is 0 Å². The molecule has 0 aromatic rings. The smallest absolute Gasteiger partial charge is 0.157 e. The molecule has 1 aliphatic carbocycles. The molecule has 0 saturated heterocycles. The zero-order chi connectivity index (χ0) is 10.3. The summed E-state index contributed by atoms with van der Waals surface area (Å²) in [4.78, 5) is 13.5. The average molecular weight is 189 g/mol. The maximum Gasteiger partial charge on any atom is 0.157 e. The molecule has 2 rings (SSSR count). The third-order valence-electron chi connectivity index (χ3n) is 3.03. The number of ketones is 1. The van der Waals surface area contributed by atoms with Gasteiger partial charge in [-0.1, -0.05) is 23.8 Å². The summed E-state index contributed by atoms with van der Waals surface area (Å²) in [6, 6.07) is 0.360. The van der Waals surface area contributed by atoms with Gasteiger partial charge in [-0.15, -0.1) is 0 Å². The van der Waals surface area contributed by atoms with Crippen LogP contribution in [0.15, 0.2) is 35.6 Å². The number of rotatable bonds is 1. The van der Waals surface area contributed by atoms with E-state index in [0.717, 1.165) is 5.57 Å².